The summed E-state index contributed by atoms with van der Waals surface area (Å²) in [5.74, 6) is 1.33. The number of benzene rings is 1. The molecule has 1 aromatic heterocycles. The lowest BCUT2D eigenvalue weighted by Crippen LogP contribution is -2.54. The van der Waals surface area contributed by atoms with Crippen LogP contribution in [0.5, 0.6) is 0 Å². The molecule has 33 heavy (non-hydrogen) atoms. The van der Waals surface area contributed by atoms with Crippen molar-refractivity contribution in [3.63, 3.8) is 0 Å². The molecule has 0 spiro atoms. The van der Waals surface area contributed by atoms with Crippen molar-refractivity contribution in [2.45, 2.75) is 39.3 Å². The SMILES string of the molecule is CCNC(=NCC(CC)N1CCc2ccccc2C1)N1CCN(C(=O)c2ccco2)CC1.I. The highest BCUT2D eigenvalue weighted by atomic mass is 127. The summed E-state index contributed by atoms with van der Waals surface area (Å²) in [7, 11) is 0. The zero-order valence-electron chi connectivity index (χ0n) is 19.7. The lowest BCUT2D eigenvalue weighted by Gasteiger charge is -2.37. The molecule has 4 rings (SSSR count). The molecular weight excluding hydrogens is 529 g/mol. The summed E-state index contributed by atoms with van der Waals surface area (Å²) in [5.41, 5.74) is 2.93. The van der Waals surface area contributed by atoms with E-state index in [0.717, 1.165) is 58.1 Å². The standard InChI is InChI=1S/C25H35N5O2.HI/c1-3-22(30-12-11-20-8-5-6-9-21(20)19-30)18-27-25(26-4-2)29-15-13-28(14-16-29)24(31)23-10-7-17-32-23;/h5-10,17,22H,3-4,11-16,18-19H2,1-2H3,(H,26,27);1H. The summed E-state index contributed by atoms with van der Waals surface area (Å²) < 4.78 is 5.27. The number of halogens is 1. The second-order valence-corrected chi connectivity index (χ2v) is 8.50. The highest BCUT2D eigenvalue weighted by Gasteiger charge is 2.26. The van der Waals surface area contributed by atoms with E-state index in [2.05, 4.69) is 53.2 Å². The maximum Gasteiger partial charge on any atom is 0.289 e. The van der Waals surface area contributed by atoms with Crippen LogP contribution in [0.3, 0.4) is 0 Å². The summed E-state index contributed by atoms with van der Waals surface area (Å²) in [5, 5.41) is 3.46. The number of furan rings is 1. The molecule has 1 saturated heterocycles. The number of carbonyl (C=O) groups excluding carboxylic acids is 1. The van der Waals surface area contributed by atoms with Crippen LogP contribution in [-0.4, -0.2) is 78.4 Å². The van der Waals surface area contributed by atoms with Crippen LogP contribution < -0.4 is 5.32 Å². The Labute approximate surface area is 214 Å². The Morgan fingerprint density at radius 1 is 1.03 bits per heavy atom. The third-order valence-electron chi connectivity index (χ3n) is 6.53. The molecule has 1 amide bonds. The van der Waals surface area contributed by atoms with Crippen molar-refractivity contribution in [2.24, 2.45) is 4.99 Å². The number of guanidine groups is 1. The van der Waals surface area contributed by atoms with Gasteiger partial charge in [0.15, 0.2) is 11.7 Å². The summed E-state index contributed by atoms with van der Waals surface area (Å²) in [6.07, 6.45) is 3.74. The van der Waals surface area contributed by atoms with Gasteiger partial charge in [-0.15, -0.1) is 24.0 Å². The van der Waals surface area contributed by atoms with E-state index in [-0.39, 0.29) is 29.9 Å². The lowest BCUT2D eigenvalue weighted by atomic mass is 9.98. The average molecular weight is 566 g/mol. The smallest absolute Gasteiger partial charge is 0.289 e. The van der Waals surface area contributed by atoms with E-state index in [0.29, 0.717) is 24.9 Å². The van der Waals surface area contributed by atoms with Gasteiger partial charge in [-0.1, -0.05) is 31.2 Å². The van der Waals surface area contributed by atoms with Gasteiger partial charge in [-0.3, -0.25) is 14.7 Å². The molecule has 180 valence electrons. The van der Waals surface area contributed by atoms with Crippen LogP contribution >= 0.6 is 24.0 Å². The first kappa shape index (κ1) is 25.6. The topological polar surface area (TPSA) is 64.3 Å². The first-order valence-corrected chi connectivity index (χ1v) is 11.9. The largest absolute Gasteiger partial charge is 0.459 e. The number of fused-ring (bicyclic) bond motifs is 1. The van der Waals surface area contributed by atoms with E-state index in [1.165, 1.54) is 11.1 Å². The minimum atomic E-state index is -0.0342. The van der Waals surface area contributed by atoms with Gasteiger partial charge >= 0.3 is 0 Å². The summed E-state index contributed by atoms with van der Waals surface area (Å²) in [6, 6.07) is 12.7. The maximum atomic E-state index is 12.5. The number of nitrogens with zero attached hydrogens (tertiary/aromatic N) is 4. The molecule has 0 saturated carbocycles. The van der Waals surface area contributed by atoms with Gasteiger partial charge in [0, 0.05) is 51.9 Å². The van der Waals surface area contributed by atoms with Gasteiger partial charge in [0.25, 0.3) is 5.91 Å². The van der Waals surface area contributed by atoms with Crippen LogP contribution in [-0.2, 0) is 13.0 Å². The number of nitrogens with one attached hydrogen (secondary N) is 1. The molecule has 2 aliphatic rings. The molecule has 0 radical (unpaired) electrons. The molecule has 2 aromatic rings. The number of carbonyl (C=O) groups is 1. The second kappa shape index (κ2) is 12.4. The Morgan fingerprint density at radius 2 is 1.76 bits per heavy atom. The van der Waals surface area contributed by atoms with Crippen LogP contribution in [0.25, 0.3) is 0 Å². The summed E-state index contributed by atoms with van der Waals surface area (Å²) in [4.78, 5) is 24.3. The van der Waals surface area contributed by atoms with E-state index < -0.39 is 0 Å². The van der Waals surface area contributed by atoms with Crippen molar-refractivity contribution >= 4 is 35.8 Å². The first-order chi connectivity index (χ1) is 15.7. The number of aliphatic imine (C=N–C) groups is 1. The van der Waals surface area contributed by atoms with Gasteiger partial charge in [0.2, 0.25) is 0 Å². The Balaban J connectivity index is 0.00000306. The maximum absolute atomic E-state index is 12.5. The zero-order valence-corrected chi connectivity index (χ0v) is 22.0. The molecular formula is C25H36IN5O2. The van der Waals surface area contributed by atoms with Crippen LogP contribution in [0, 0.1) is 0 Å². The molecule has 1 N–H and O–H groups in total. The van der Waals surface area contributed by atoms with E-state index in [1.807, 2.05) is 4.90 Å². The van der Waals surface area contributed by atoms with Crippen molar-refractivity contribution in [1.82, 2.24) is 20.0 Å². The highest BCUT2D eigenvalue weighted by Crippen LogP contribution is 2.21. The van der Waals surface area contributed by atoms with Crippen molar-refractivity contribution in [3.8, 4) is 0 Å². The number of amides is 1. The summed E-state index contributed by atoms with van der Waals surface area (Å²) in [6.45, 7) is 11.0. The van der Waals surface area contributed by atoms with Crippen LogP contribution in [0.1, 0.15) is 41.9 Å². The Morgan fingerprint density at radius 3 is 2.42 bits per heavy atom. The van der Waals surface area contributed by atoms with Crippen LogP contribution in [0.15, 0.2) is 52.1 Å². The van der Waals surface area contributed by atoms with Crippen molar-refractivity contribution in [2.75, 3.05) is 45.8 Å². The first-order valence-electron chi connectivity index (χ1n) is 11.9. The normalized spacial score (nSPS) is 17.8. The molecule has 7 nitrogen and oxygen atoms in total. The molecule has 1 unspecified atom stereocenters. The van der Waals surface area contributed by atoms with Gasteiger partial charge < -0.3 is 19.5 Å². The minimum Gasteiger partial charge on any atom is -0.459 e. The van der Waals surface area contributed by atoms with E-state index >= 15 is 0 Å². The van der Waals surface area contributed by atoms with Crippen molar-refractivity contribution in [3.05, 3.63) is 59.5 Å². The molecule has 0 aliphatic carbocycles. The van der Waals surface area contributed by atoms with Crippen molar-refractivity contribution in [1.29, 1.82) is 0 Å². The predicted octanol–water partition coefficient (Wildman–Crippen LogP) is 3.46. The predicted molar refractivity (Wildman–Crippen MR) is 142 cm³/mol. The van der Waals surface area contributed by atoms with E-state index in [9.17, 15) is 4.79 Å². The molecule has 1 atom stereocenters. The third kappa shape index (κ3) is 6.29. The fourth-order valence-electron chi connectivity index (χ4n) is 4.63. The van der Waals surface area contributed by atoms with Crippen molar-refractivity contribution < 1.29 is 9.21 Å². The van der Waals surface area contributed by atoms with Gasteiger partial charge in [0.05, 0.1) is 12.8 Å². The number of hydrogen-bond donors (Lipinski definition) is 1. The number of piperazine rings is 1. The van der Waals surface area contributed by atoms with Gasteiger partial charge in [-0.25, -0.2) is 0 Å². The lowest BCUT2D eigenvalue weighted by molar-refractivity contribution is 0.0657. The van der Waals surface area contributed by atoms with E-state index in [1.54, 1.807) is 18.4 Å². The number of hydrogen-bond acceptors (Lipinski definition) is 4. The van der Waals surface area contributed by atoms with Crippen LogP contribution in [0.4, 0.5) is 0 Å². The zero-order chi connectivity index (χ0) is 22.3. The second-order valence-electron chi connectivity index (χ2n) is 8.50. The molecule has 8 heteroatoms. The Bertz CT molecular complexity index is 909. The molecule has 0 bridgehead atoms. The van der Waals surface area contributed by atoms with Crippen LogP contribution in [0.2, 0.25) is 0 Å². The summed E-state index contributed by atoms with van der Waals surface area (Å²) >= 11 is 0. The monoisotopic (exact) mass is 565 g/mol. The highest BCUT2D eigenvalue weighted by molar-refractivity contribution is 14.0. The Kier molecular flexibility index (Phi) is 9.61. The van der Waals surface area contributed by atoms with E-state index in [4.69, 9.17) is 9.41 Å². The van der Waals surface area contributed by atoms with Gasteiger partial charge in [-0.05, 0) is 43.0 Å². The van der Waals surface area contributed by atoms with Gasteiger partial charge in [0.1, 0.15) is 0 Å². The Hall–Kier alpha value is -2.07. The third-order valence-corrected chi connectivity index (χ3v) is 6.53. The molecule has 3 heterocycles. The average Bonchev–Trinajstić information content (AvgIpc) is 3.38. The fraction of sp³-hybridized carbons (Fsp3) is 0.520. The number of rotatable bonds is 6. The van der Waals surface area contributed by atoms with Gasteiger partial charge in [-0.2, -0.15) is 0 Å². The fourth-order valence-corrected chi connectivity index (χ4v) is 4.63. The molecule has 2 aliphatic heterocycles. The molecule has 1 aromatic carbocycles. The molecule has 1 fully saturated rings. The minimum absolute atomic E-state index is 0. The quantitative estimate of drug-likeness (QED) is 0.331.